The number of hydrogen-bond acceptors (Lipinski definition) is 6. The van der Waals surface area contributed by atoms with Crippen LogP contribution in [0.25, 0.3) is 0 Å². The lowest BCUT2D eigenvalue weighted by Gasteiger charge is -2.01. The molecule has 0 aromatic carbocycles. The highest BCUT2D eigenvalue weighted by Gasteiger charge is 2.04. The van der Waals surface area contributed by atoms with Gasteiger partial charge in [0.15, 0.2) is 0 Å². The average Bonchev–Trinajstić information content (AvgIpc) is 2.72. The van der Waals surface area contributed by atoms with Crippen molar-refractivity contribution in [3.05, 3.63) is 16.1 Å². The number of thiazole rings is 1. The molecule has 74 valence electrons. The Morgan fingerprint density at radius 3 is 3.00 bits per heavy atom. The van der Waals surface area contributed by atoms with E-state index in [2.05, 4.69) is 25.8 Å². The van der Waals surface area contributed by atoms with Crippen LogP contribution in [0.2, 0.25) is 0 Å². The maximum Gasteiger partial charge on any atom is 0.242 e. The molecule has 0 saturated heterocycles. The molecule has 2 aromatic heterocycles. The first kappa shape index (κ1) is 9.07. The van der Waals surface area contributed by atoms with Crippen LogP contribution in [0, 0.1) is 6.92 Å². The van der Waals surface area contributed by atoms with E-state index < -0.39 is 0 Å². The Bertz CT molecular complexity index is 379. The summed E-state index contributed by atoms with van der Waals surface area (Å²) in [7, 11) is 1.79. The summed E-state index contributed by atoms with van der Waals surface area (Å²) >= 11 is 1.63. The molecule has 0 aliphatic carbocycles. The number of rotatable bonds is 3. The van der Waals surface area contributed by atoms with E-state index in [0.717, 1.165) is 5.69 Å². The Morgan fingerprint density at radius 2 is 2.43 bits per heavy atom. The fraction of sp³-hybridized carbons (Fsp3) is 0.429. The third kappa shape index (κ3) is 1.72. The zero-order valence-electron chi connectivity index (χ0n) is 7.93. The van der Waals surface area contributed by atoms with Crippen LogP contribution in [-0.2, 0) is 13.6 Å². The van der Waals surface area contributed by atoms with Gasteiger partial charge in [-0.2, -0.15) is 0 Å². The Morgan fingerprint density at radius 1 is 1.57 bits per heavy atom. The summed E-state index contributed by atoms with van der Waals surface area (Å²) in [4.78, 5) is 5.36. The van der Waals surface area contributed by atoms with Gasteiger partial charge in [-0.1, -0.05) is 5.10 Å². The fourth-order valence-corrected chi connectivity index (χ4v) is 1.75. The van der Waals surface area contributed by atoms with E-state index in [1.54, 1.807) is 23.1 Å². The molecule has 0 saturated carbocycles. The van der Waals surface area contributed by atoms with Crippen molar-refractivity contribution < 1.29 is 0 Å². The highest BCUT2D eigenvalue weighted by Crippen LogP contribution is 2.13. The SMILES string of the molecule is Cc1ncsc1CNc1nnnn1C. The molecule has 2 aromatic rings. The van der Waals surface area contributed by atoms with E-state index in [0.29, 0.717) is 12.5 Å². The van der Waals surface area contributed by atoms with Crippen LogP contribution in [0.1, 0.15) is 10.6 Å². The molecule has 0 aliphatic heterocycles. The minimum atomic E-state index is 0.665. The molecule has 0 fully saturated rings. The van der Waals surface area contributed by atoms with Crippen LogP contribution in [-0.4, -0.2) is 25.2 Å². The zero-order chi connectivity index (χ0) is 9.97. The molecule has 0 radical (unpaired) electrons. The summed E-state index contributed by atoms with van der Waals surface area (Å²) in [6.45, 7) is 2.70. The minimum Gasteiger partial charge on any atom is -0.348 e. The van der Waals surface area contributed by atoms with Gasteiger partial charge in [-0.3, -0.25) is 0 Å². The molecule has 0 bridgehead atoms. The topological polar surface area (TPSA) is 68.5 Å². The first-order valence-electron chi connectivity index (χ1n) is 4.12. The van der Waals surface area contributed by atoms with E-state index in [4.69, 9.17) is 0 Å². The molecule has 0 atom stereocenters. The normalized spacial score (nSPS) is 10.4. The predicted molar refractivity (Wildman–Crippen MR) is 53.0 cm³/mol. The highest BCUT2D eigenvalue weighted by atomic mass is 32.1. The van der Waals surface area contributed by atoms with Crippen molar-refractivity contribution in [3.63, 3.8) is 0 Å². The van der Waals surface area contributed by atoms with E-state index in [-0.39, 0.29) is 0 Å². The molecule has 2 heterocycles. The zero-order valence-corrected chi connectivity index (χ0v) is 8.75. The Labute approximate surface area is 85.0 Å². The van der Waals surface area contributed by atoms with E-state index in [1.807, 2.05) is 12.4 Å². The first-order chi connectivity index (χ1) is 6.77. The number of hydrogen-bond donors (Lipinski definition) is 1. The largest absolute Gasteiger partial charge is 0.348 e. The maximum atomic E-state index is 4.16. The van der Waals surface area contributed by atoms with Gasteiger partial charge in [0.2, 0.25) is 5.95 Å². The van der Waals surface area contributed by atoms with E-state index in [9.17, 15) is 0 Å². The number of nitrogens with one attached hydrogen (secondary N) is 1. The third-order valence-electron chi connectivity index (χ3n) is 1.87. The predicted octanol–water partition coefficient (Wildman–Crippen LogP) is 0.587. The quantitative estimate of drug-likeness (QED) is 0.802. The van der Waals surface area contributed by atoms with Gasteiger partial charge in [-0.05, 0) is 17.4 Å². The second-order valence-corrected chi connectivity index (χ2v) is 3.78. The lowest BCUT2D eigenvalue weighted by atomic mass is 10.4. The Hall–Kier alpha value is -1.50. The molecule has 1 N–H and O–H groups in total. The molecule has 0 amide bonds. The number of aromatic nitrogens is 5. The van der Waals surface area contributed by atoms with Gasteiger partial charge >= 0.3 is 0 Å². The van der Waals surface area contributed by atoms with Crippen LogP contribution in [0.3, 0.4) is 0 Å². The van der Waals surface area contributed by atoms with Gasteiger partial charge in [0.25, 0.3) is 0 Å². The maximum absolute atomic E-state index is 4.16. The second kappa shape index (κ2) is 3.70. The van der Waals surface area contributed by atoms with Crippen molar-refractivity contribution in [2.24, 2.45) is 7.05 Å². The number of anilines is 1. The number of nitrogens with zero attached hydrogens (tertiary/aromatic N) is 5. The van der Waals surface area contributed by atoms with Crippen LogP contribution in [0.4, 0.5) is 5.95 Å². The van der Waals surface area contributed by atoms with Gasteiger partial charge in [0.05, 0.1) is 17.7 Å². The second-order valence-electron chi connectivity index (χ2n) is 2.84. The molecular formula is C7H10N6S. The summed E-state index contributed by atoms with van der Waals surface area (Å²) < 4.78 is 1.59. The first-order valence-corrected chi connectivity index (χ1v) is 5.00. The smallest absolute Gasteiger partial charge is 0.242 e. The van der Waals surface area contributed by atoms with Crippen molar-refractivity contribution in [1.82, 2.24) is 25.2 Å². The summed E-state index contributed by atoms with van der Waals surface area (Å²) in [5.74, 6) is 0.665. The lowest BCUT2D eigenvalue weighted by Crippen LogP contribution is -2.05. The van der Waals surface area contributed by atoms with E-state index in [1.165, 1.54) is 4.88 Å². The molecular weight excluding hydrogens is 200 g/mol. The average molecular weight is 210 g/mol. The summed E-state index contributed by atoms with van der Waals surface area (Å²) in [5.41, 5.74) is 2.89. The summed E-state index contributed by atoms with van der Waals surface area (Å²) in [6, 6.07) is 0. The van der Waals surface area contributed by atoms with Crippen molar-refractivity contribution in [1.29, 1.82) is 0 Å². The molecule has 2 rings (SSSR count). The van der Waals surface area contributed by atoms with Gasteiger partial charge in [-0.15, -0.1) is 11.3 Å². The van der Waals surface area contributed by atoms with Crippen molar-refractivity contribution >= 4 is 17.3 Å². The van der Waals surface area contributed by atoms with Gasteiger partial charge < -0.3 is 5.32 Å². The van der Waals surface area contributed by atoms with Crippen LogP contribution >= 0.6 is 11.3 Å². The van der Waals surface area contributed by atoms with Gasteiger partial charge in [0, 0.05) is 11.9 Å². The van der Waals surface area contributed by atoms with E-state index >= 15 is 0 Å². The van der Waals surface area contributed by atoms with Gasteiger partial charge in [0.1, 0.15) is 0 Å². The lowest BCUT2D eigenvalue weighted by molar-refractivity contribution is 0.712. The van der Waals surface area contributed by atoms with Crippen molar-refractivity contribution in [2.45, 2.75) is 13.5 Å². The molecule has 7 heteroatoms. The Balaban J connectivity index is 2.02. The Kier molecular flexibility index (Phi) is 2.40. The number of aryl methyl sites for hydroxylation is 2. The van der Waals surface area contributed by atoms with Crippen molar-refractivity contribution in [2.75, 3.05) is 5.32 Å². The monoisotopic (exact) mass is 210 g/mol. The summed E-state index contributed by atoms with van der Waals surface area (Å²) in [6.07, 6.45) is 0. The minimum absolute atomic E-state index is 0.665. The molecule has 0 spiro atoms. The molecule has 0 aliphatic rings. The molecule has 6 nitrogen and oxygen atoms in total. The number of tetrazole rings is 1. The standard InChI is InChI=1S/C7H10N6S/c1-5-6(14-4-9-5)3-8-7-10-11-12-13(7)2/h4H,3H2,1-2H3,(H,8,10,12). The van der Waals surface area contributed by atoms with Crippen LogP contribution in [0.5, 0.6) is 0 Å². The van der Waals surface area contributed by atoms with Crippen molar-refractivity contribution in [3.8, 4) is 0 Å². The third-order valence-corrected chi connectivity index (χ3v) is 2.81. The molecule has 14 heavy (non-hydrogen) atoms. The highest BCUT2D eigenvalue weighted by molar-refractivity contribution is 7.09. The fourth-order valence-electron chi connectivity index (χ4n) is 1.03. The summed E-state index contributed by atoms with van der Waals surface area (Å²) in [5, 5.41) is 14.2. The van der Waals surface area contributed by atoms with Crippen LogP contribution in [0.15, 0.2) is 5.51 Å². The van der Waals surface area contributed by atoms with Gasteiger partial charge in [-0.25, -0.2) is 9.67 Å². The molecule has 0 unspecified atom stereocenters. The van der Waals surface area contributed by atoms with Crippen LogP contribution < -0.4 is 5.32 Å².